The van der Waals surface area contributed by atoms with Crippen molar-refractivity contribution in [3.63, 3.8) is 0 Å². The maximum Gasteiger partial charge on any atom is 0.305 e. The second-order valence-corrected chi connectivity index (χ2v) is 8.48. The smallest absolute Gasteiger partial charge is 0.305 e. The molecular formula is C22H32N2O3. The molecule has 1 aliphatic carbocycles. The number of aliphatic hydroxyl groups is 1. The molecule has 1 aromatic rings. The van der Waals surface area contributed by atoms with Crippen molar-refractivity contribution in [3.8, 4) is 0 Å². The van der Waals surface area contributed by atoms with Crippen molar-refractivity contribution in [1.82, 2.24) is 10.2 Å². The number of nitrogens with one attached hydrogen (secondary N) is 1. The van der Waals surface area contributed by atoms with E-state index in [4.69, 9.17) is 4.74 Å². The van der Waals surface area contributed by atoms with Crippen LogP contribution in [0.4, 0.5) is 0 Å². The lowest BCUT2D eigenvalue weighted by molar-refractivity contribution is -0.141. The van der Waals surface area contributed by atoms with Gasteiger partial charge in [0, 0.05) is 11.8 Å². The molecule has 0 aromatic heterocycles. The van der Waals surface area contributed by atoms with E-state index < -0.39 is 0 Å². The number of aliphatic hydroxyl groups excluding tert-OH is 1. The van der Waals surface area contributed by atoms with E-state index in [1.165, 1.54) is 18.2 Å². The van der Waals surface area contributed by atoms with Gasteiger partial charge in [-0.15, -0.1) is 0 Å². The van der Waals surface area contributed by atoms with Gasteiger partial charge in [-0.25, -0.2) is 0 Å². The van der Waals surface area contributed by atoms with Gasteiger partial charge in [-0.2, -0.15) is 0 Å². The SMILES string of the molecule is COC(=O)CCC1CCN([C@@H]2c3ccccc3C3(CCNCC3)[C@H]2O)CC1. The Kier molecular flexibility index (Phi) is 5.53. The van der Waals surface area contributed by atoms with Crippen molar-refractivity contribution in [1.29, 1.82) is 0 Å². The van der Waals surface area contributed by atoms with Crippen LogP contribution in [-0.4, -0.2) is 55.4 Å². The normalized spacial score (nSPS) is 28.2. The Hall–Kier alpha value is -1.43. The quantitative estimate of drug-likeness (QED) is 0.795. The number of esters is 1. The topological polar surface area (TPSA) is 61.8 Å². The molecule has 27 heavy (non-hydrogen) atoms. The van der Waals surface area contributed by atoms with Crippen molar-refractivity contribution in [2.75, 3.05) is 33.3 Å². The van der Waals surface area contributed by atoms with E-state index in [1.807, 2.05) is 0 Å². The van der Waals surface area contributed by atoms with E-state index >= 15 is 0 Å². The molecule has 5 nitrogen and oxygen atoms in total. The predicted octanol–water partition coefficient (Wildman–Crippen LogP) is 2.39. The predicted molar refractivity (Wildman–Crippen MR) is 105 cm³/mol. The second-order valence-electron chi connectivity index (χ2n) is 8.48. The van der Waals surface area contributed by atoms with Crippen LogP contribution in [0.5, 0.6) is 0 Å². The molecule has 5 heteroatoms. The summed E-state index contributed by atoms with van der Waals surface area (Å²) in [4.78, 5) is 13.9. The molecule has 2 atom stereocenters. The number of hydrogen-bond acceptors (Lipinski definition) is 5. The maximum absolute atomic E-state index is 11.5. The molecule has 3 aliphatic rings. The van der Waals surface area contributed by atoms with E-state index in [0.717, 1.165) is 58.3 Å². The second kappa shape index (κ2) is 7.90. The van der Waals surface area contributed by atoms with Gasteiger partial charge in [0.1, 0.15) is 0 Å². The zero-order chi connectivity index (χ0) is 18.9. The number of rotatable bonds is 4. The minimum atomic E-state index is -0.330. The summed E-state index contributed by atoms with van der Waals surface area (Å²) in [6.45, 7) is 3.95. The molecule has 2 saturated heterocycles. The van der Waals surface area contributed by atoms with Crippen LogP contribution in [0.2, 0.25) is 0 Å². The van der Waals surface area contributed by atoms with Crippen molar-refractivity contribution in [2.45, 2.75) is 56.1 Å². The van der Waals surface area contributed by atoms with E-state index in [9.17, 15) is 9.90 Å². The Morgan fingerprint density at radius 3 is 2.67 bits per heavy atom. The highest BCUT2D eigenvalue weighted by atomic mass is 16.5. The van der Waals surface area contributed by atoms with Crippen LogP contribution in [-0.2, 0) is 14.9 Å². The van der Waals surface area contributed by atoms with Gasteiger partial charge in [0.05, 0.1) is 19.3 Å². The summed E-state index contributed by atoms with van der Waals surface area (Å²) in [6, 6.07) is 8.82. The first-order valence-electron chi connectivity index (χ1n) is 10.4. The van der Waals surface area contributed by atoms with Crippen molar-refractivity contribution in [2.24, 2.45) is 5.92 Å². The third-order valence-electron chi connectivity index (χ3n) is 7.20. The van der Waals surface area contributed by atoms with Crippen molar-refractivity contribution < 1.29 is 14.6 Å². The van der Waals surface area contributed by atoms with Gasteiger partial charge in [-0.05, 0) is 75.3 Å². The van der Waals surface area contributed by atoms with Gasteiger partial charge in [-0.1, -0.05) is 24.3 Å². The fraction of sp³-hybridized carbons (Fsp3) is 0.682. The number of methoxy groups -OCH3 is 1. The number of piperidine rings is 2. The number of ether oxygens (including phenoxy) is 1. The number of hydrogen-bond donors (Lipinski definition) is 2. The van der Waals surface area contributed by atoms with Crippen LogP contribution in [0, 0.1) is 5.92 Å². The molecule has 148 valence electrons. The third kappa shape index (κ3) is 3.41. The Morgan fingerprint density at radius 2 is 1.96 bits per heavy atom. The third-order valence-corrected chi connectivity index (χ3v) is 7.20. The molecule has 1 spiro atoms. The summed E-state index contributed by atoms with van der Waals surface area (Å²) >= 11 is 0. The van der Waals surface area contributed by atoms with Crippen LogP contribution in [0.25, 0.3) is 0 Å². The van der Waals surface area contributed by atoms with Gasteiger partial charge >= 0.3 is 5.97 Å². The summed E-state index contributed by atoms with van der Waals surface area (Å²) < 4.78 is 4.77. The summed E-state index contributed by atoms with van der Waals surface area (Å²) in [5, 5.41) is 14.9. The molecular weight excluding hydrogens is 340 g/mol. The number of carbonyl (C=O) groups is 1. The van der Waals surface area contributed by atoms with Crippen LogP contribution in [0.1, 0.15) is 55.7 Å². The molecule has 2 heterocycles. The van der Waals surface area contributed by atoms with Gasteiger partial charge < -0.3 is 15.2 Å². The number of carbonyl (C=O) groups excluding carboxylic acids is 1. The Labute approximate surface area is 162 Å². The molecule has 2 fully saturated rings. The Morgan fingerprint density at radius 1 is 1.26 bits per heavy atom. The lowest BCUT2D eigenvalue weighted by atomic mass is 9.72. The van der Waals surface area contributed by atoms with E-state index in [2.05, 4.69) is 34.5 Å². The average Bonchev–Trinajstić information content (AvgIpc) is 2.95. The fourth-order valence-corrected chi connectivity index (χ4v) is 5.62. The molecule has 4 rings (SSSR count). The summed E-state index contributed by atoms with van der Waals surface area (Å²) in [7, 11) is 1.46. The first-order valence-corrected chi connectivity index (χ1v) is 10.4. The summed E-state index contributed by atoms with van der Waals surface area (Å²) in [5.41, 5.74) is 2.62. The van der Waals surface area contributed by atoms with Crippen molar-refractivity contribution in [3.05, 3.63) is 35.4 Å². The van der Waals surface area contributed by atoms with Crippen LogP contribution >= 0.6 is 0 Å². The number of fused-ring (bicyclic) bond motifs is 2. The highest BCUT2D eigenvalue weighted by Crippen LogP contribution is 2.52. The van der Waals surface area contributed by atoms with Crippen molar-refractivity contribution >= 4 is 5.97 Å². The zero-order valence-electron chi connectivity index (χ0n) is 16.3. The first kappa shape index (κ1) is 18.9. The van der Waals surface area contributed by atoms with E-state index in [0.29, 0.717) is 12.3 Å². The Balaban J connectivity index is 1.47. The van der Waals surface area contributed by atoms with E-state index in [-0.39, 0.29) is 23.5 Å². The first-order chi connectivity index (χ1) is 13.2. The molecule has 2 aliphatic heterocycles. The molecule has 0 radical (unpaired) electrons. The summed E-state index contributed by atoms with van der Waals surface area (Å²) in [6.07, 6.45) is 5.32. The molecule has 0 unspecified atom stereocenters. The highest BCUT2D eigenvalue weighted by molar-refractivity contribution is 5.69. The molecule has 2 N–H and O–H groups in total. The van der Waals surface area contributed by atoms with Gasteiger partial charge in [0.2, 0.25) is 0 Å². The highest BCUT2D eigenvalue weighted by Gasteiger charge is 2.53. The Bertz CT molecular complexity index is 663. The van der Waals surface area contributed by atoms with Gasteiger partial charge in [-0.3, -0.25) is 9.69 Å². The molecule has 0 saturated carbocycles. The molecule has 0 bridgehead atoms. The number of nitrogens with zero attached hydrogens (tertiary/aromatic N) is 1. The average molecular weight is 373 g/mol. The number of benzene rings is 1. The lowest BCUT2D eigenvalue weighted by Gasteiger charge is -2.42. The monoisotopic (exact) mass is 372 g/mol. The molecule has 0 amide bonds. The summed E-state index contributed by atoms with van der Waals surface area (Å²) in [5.74, 6) is 0.479. The fourth-order valence-electron chi connectivity index (χ4n) is 5.62. The lowest BCUT2D eigenvalue weighted by Crippen LogP contribution is -2.49. The number of likely N-dealkylation sites (tertiary alicyclic amines) is 1. The molecule has 1 aromatic carbocycles. The largest absolute Gasteiger partial charge is 0.469 e. The zero-order valence-corrected chi connectivity index (χ0v) is 16.3. The maximum atomic E-state index is 11.5. The van der Waals surface area contributed by atoms with E-state index in [1.54, 1.807) is 0 Å². The minimum Gasteiger partial charge on any atom is -0.469 e. The standard InChI is InChI=1S/C22H32N2O3/c1-27-19(25)7-6-16-8-14-24(15-9-16)20-17-4-2-3-5-18(17)22(21(20)26)10-12-23-13-11-22/h2-5,16,20-21,23,26H,6-15H2,1H3/t20-,21+/m1/s1. The van der Waals surface area contributed by atoms with Crippen LogP contribution < -0.4 is 5.32 Å². The van der Waals surface area contributed by atoms with Crippen LogP contribution in [0.15, 0.2) is 24.3 Å². The van der Waals surface area contributed by atoms with Gasteiger partial charge in [0.15, 0.2) is 0 Å². The minimum absolute atomic E-state index is 0.0890. The van der Waals surface area contributed by atoms with Gasteiger partial charge in [0.25, 0.3) is 0 Å². The van der Waals surface area contributed by atoms with Crippen LogP contribution in [0.3, 0.4) is 0 Å².